The van der Waals surface area contributed by atoms with Crippen molar-refractivity contribution in [3.8, 4) is 0 Å². The second-order valence-corrected chi connectivity index (χ2v) is 6.27. The molecule has 0 unspecified atom stereocenters. The standard InChI is InChI=1S/C18H13BrN2OS/c19-13-8-10-14(11-9-13)20-18(23)21-17(22)16-7-3-5-12-4-1-2-6-15(12)16/h1-11H,(H2,20,21,22,23). The molecule has 3 aromatic carbocycles. The van der Waals surface area contributed by atoms with Crippen LogP contribution in [0.1, 0.15) is 10.4 Å². The molecule has 0 aliphatic rings. The predicted octanol–water partition coefficient (Wildman–Crippen LogP) is 4.73. The molecule has 3 aromatic rings. The minimum absolute atomic E-state index is 0.226. The largest absolute Gasteiger partial charge is 0.332 e. The van der Waals surface area contributed by atoms with E-state index in [4.69, 9.17) is 12.2 Å². The summed E-state index contributed by atoms with van der Waals surface area (Å²) >= 11 is 8.59. The quantitative estimate of drug-likeness (QED) is 0.627. The smallest absolute Gasteiger partial charge is 0.258 e. The molecule has 0 fully saturated rings. The van der Waals surface area contributed by atoms with Gasteiger partial charge in [0.2, 0.25) is 0 Å². The minimum Gasteiger partial charge on any atom is -0.332 e. The van der Waals surface area contributed by atoms with Crippen molar-refractivity contribution >= 4 is 55.6 Å². The summed E-state index contributed by atoms with van der Waals surface area (Å²) in [6.07, 6.45) is 0. The molecule has 3 rings (SSSR count). The Morgan fingerprint density at radius 3 is 2.39 bits per heavy atom. The van der Waals surface area contributed by atoms with Gasteiger partial charge in [-0.1, -0.05) is 52.3 Å². The molecule has 0 saturated heterocycles. The van der Waals surface area contributed by atoms with Crippen molar-refractivity contribution in [1.29, 1.82) is 0 Å². The van der Waals surface area contributed by atoms with Crippen LogP contribution < -0.4 is 10.6 Å². The summed E-state index contributed by atoms with van der Waals surface area (Å²) in [7, 11) is 0. The van der Waals surface area contributed by atoms with Crippen molar-refractivity contribution in [3.63, 3.8) is 0 Å². The topological polar surface area (TPSA) is 41.1 Å². The molecule has 0 saturated carbocycles. The monoisotopic (exact) mass is 384 g/mol. The molecule has 0 aromatic heterocycles. The fraction of sp³-hybridized carbons (Fsp3) is 0. The van der Waals surface area contributed by atoms with E-state index in [0.717, 1.165) is 20.9 Å². The lowest BCUT2D eigenvalue weighted by atomic mass is 10.0. The molecule has 0 atom stereocenters. The molecule has 3 nitrogen and oxygen atoms in total. The Morgan fingerprint density at radius 2 is 1.61 bits per heavy atom. The molecule has 2 N–H and O–H groups in total. The van der Waals surface area contributed by atoms with Gasteiger partial charge in [0.05, 0.1) is 0 Å². The van der Waals surface area contributed by atoms with Crippen molar-refractivity contribution < 1.29 is 4.79 Å². The van der Waals surface area contributed by atoms with Gasteiger partial charge >= 0.3 is 0 Å². The third-order valence-corrected chi connectivity index (χ3v) is 4.10. The highest BCUT2D eigenvalue weighted by molar-refractivity contribution is 9.10. The van der Waals surface area contributed by atoms with Crippen molar-refractivity contribution in [1.82, 2.24) is 5.32 Å². The average Bonchev–Trinajstić information content (AvgIpc) is 2.56. The van der Waals surface area contributed by atoms with Crippen molar-refractivity contribution in [2.75, 3.05) is 5.32 Å². The van der Waals surface area contributed by atoms with Crippen LogP contribution in [0.15, 0.2) is 71.2 Å². The Labute approximate surface area is 147 Å². The van der Waals surface area contributed by atoms with E-state index in [1.54, 1.807) is 6.07 Å². The molecule has 0 aliphatic carbocycles. The van der Waals surface area contributed by atoms with E-state index in [9.17, 15) is 4.79 Å². The summed E-state index contributed by atoms with van der Waals surface area (Å²) in [6.45, 7) is 0. The summed E-state index contributed by atoms with van der Waals surface area (Å²) < 4.78 is 0.980. The number of hydrogen-bond donors (Lipinski definition) is 2. The minimum atomic E-state index is -0.226. The summed E-state index contributed by atoms with van der Waals surface area (Å²) in [6, 6.07) is 20.9. The van der Waals surface area contributed by atoms with Crippen LogP contribution in [0.4, 0.5) is 5.69 Å². The lowest BCUT2D eigenvalue weighted by molar-refractivity contribution is 0.0979. The SMILES string of the molecule is O=C(NC(=S)Nc1ccc(Br)cc1)c1cccc2ccccc12. The normalized spacial score (nSPS) is 10.3. The van der Waals surface area contributed by atoms with Gasteiger partial charge in [-0.25, -0.2) is 0 Å². The van der Waals surface area contributed by atoms with Crippen LogP contribution in [0.25, 0.3) is 10.8 Å². The van der Waals surface area contributed by atoms with Crippen LogP contribution in [-0.2, 0) is 0 Å². The first-order valence-electron chi connectivity index (χ1n) is 6.99. The number of amides is 1. The second-order valence-electron chi connectivity index (χ2n) is 4.94. The number of halogens is 1. The van der Waals surface area contributed by atoms with Gasteiger partial charge in [-0.3, -0.25) is 10.1 Å². The highest BCUT2D eigenvalue weighted by Crippen LogP contribution is 2.18. The van der Waals surface area contributed by atoms with Gasteiger partial charge in [-0.2, -0.15) is 0 Å². The van der Waals surface area contributed by atoms with Crippen LogP contribution in [0.2, 0.25) is 0 Å². The van der Waals surface area contributed by atoms with Crippen molar-refractivity contribution in [3.05, 3.63) is 76.8 Å². The number of hydrogen-bond acceptors (Lipinski definition) is 2. The zero-order chi connectivity index (χ0) is 16.2. The van der Waals surface area contributed by atoms with E-state index < -0.39 is 0 Å². The lowest BCUT2D eigenvalue weighted by Crippen LogP contribution is -2.34. The first-order chi connectivity index (χ1) is 11.1. The van der Waals surface area contributed by atoms with Crippen LogP contribution in [0.3, 0.4) is 0 Å². The van der Waals surface area contributed by atoms with Gasteiger partial charge < -0.3 is 5.32 Å². The Balaban J connectivity index is 1.75. The fourth-order valence-corrected chi connectivity index (χ4v) is 2.76. The first-order valence-corrected chi connectivity index (χ1v) is 8.19. The maximum absolute atomic E-state index is 12.5. The highest BCUT2D eigenvalue weighted by Gasteiger charge is 2.11. The molecular formula is C18H13BrN2OS. The molecule has 114 valence electrons. The number of thiocarbonyl (C=S) groups is 1. The third-order valence-electron chi connectivity index (χ3n) is 3.36. The summed E-state index contributed by atoms with van der Waals surface area (Å²) in [5, 5.41) is 7.91. The molecular weight excluding hydrogens is 372 g/mol. The van der Waals surface area contributed by atoms with Crippen LogP contribution >= 0.6 is 28.1 Å². The van der Waals surface area contributed by atoms with Crippen LogP contribution in [0.5, 0.6) is 0 Å². The molecule has 0 radical (unpaired) electrons. The number of anilines is 1. The second kappa shape index (κ2) is 6.89. The van der Waals surface area contributed by atoms with Gasteiger partial charge in [0.25, 0.3) is 5.91 Å². The van der Waals surface area contributed by atoms with E-state index in [2.05, 4.69) is 26.6 Å². The first kappa shape index (κ1) is 15.6. The van der Waals surface area contributed by atoms with E-state index in [1.807, 2.05) is 60.7 Å². The molecule has 1 amide bonds. The average molecular weight is 385 g/mol. The number of fused-ring (bicyclic) bond motifs is 1. The summed E-state index contributed by atoms with van der Waals surface area (Å²) in [4.78, 5) is 12.5. The number of nitrogens with one attached hydrogen (secondary N) is 2. The Morgan fingerprint density at radius 1 is 0.913 bits per heavy atom. The number of carbonyl (C=O) groups is 1. The highest BCUT2D eigenvalue weighted by atomic mass is 79.9. The molecule has 0 bridgehead atoms. The molecule has 0 heterocycles. The molecule has 0 spiro atoms. The number of rotatable bonds is 2. The zero-order valence-electron chi connectivity index (χ0n) is 12.0. The summed E-state index contributed by atoms with van der Waals surface area (Å²) in [5.74, 6) is -0.226. The number of benzene rings is 3. The maximum atomic E-state index is 12.5. The predicted molar refractivity (Wildman–Crippen MR) is 102 cm³/mol. The van der Waals surface area contributed by atoms with Gasteiger partial charge in [-0.15, -0.1) is 0 Å². The van der Waals surface area contributed by atoms with Gasteiger partial charge in [0.1, 0.15) is 0 Å². The molecule has 23 heavy (non-hydrogen) atoms. The Bertz CT molecular complexity index is 872. The van der Waals surface area contributed by atoms with Crippen molar-refractivity contribution in [2.45, 2.75) is 0 Å². The zero-order valence-corrected chi connectivity index (χ0v) is 14.4. The van der Waals surface area contributed by atoms with Crippen LogP contribution in [0, 0.1) is 0 Å². The molecule has 0 aliphatic heterocycles. The third kappa shape index (κ3) is 3.75. The van der Waals surface area contributed by atoms with Gasteiger partial charge in [0.15, 0.2) is 5.11 Å². The Hall–Kier alpha value is -2.24. The Kier molecular flexibility index (Phi) is 4.69. The maximum Gasteiger partial charge on any atom is 0.258 e. The number of carbonyl (C=O) groups excluding carboxylic acids is 1. The summed E-state index contributed by atoms with van der Waals surface area (Å²) in [5.41, 5.74) is 1.42. The van der Waals surface area contributed by atoms with E-state index in [-0.39, 0.29) is 11.0 Å². The van der Waals surface area contributed by atoms with E-state index in [0.29, 0.717) is 5.56 Å². The lowest BCUT2D eigenvalue weighted by Gasteiger charge is -2.11. The fourth-order valence-electron chi connectivity index (χ4n) is 2.29. The van der Waals surface area contributed by atoms with Gasteiger partial charge in [-0.05, 0) is 53.3 Å². The van der Waals surface area contributed by atoms with Gasteiger partial charge in [0, 0.05) is 15.7 Å². The van der Waals surface area contributed by atoms with E-state index >= 15 is 0 Å². The molecule has 5 heteroatoms. The van der Waals surface area contributed by atoms with E-state index in [1.165, 1.54) is 0 Å². The van der Waals surface area contributed by atoms with Crippen LogP contribution in [-0.4, -0.2) is 11.0 Å². The van der Waals surface area contributed by atoms with Crippen molar-refractivity contribution in [2.24, 2.45) is 0 Å².